The second-order valence-electron chi connectivity index (χ2n) is 3.29. The molecule has 2 aromatic rings. The van der Waals surface area contributed by atoms with Crippen LogP contribution in [0.1, 0.15) is 10.6 Å². The van der Waals surface area contributed by atoms with Crippen LogP contribution in [0.5, 0.6) is 0 Å². The van der Waals surface area contributed by atoms with Crippen molar-refractivity contribution < 1.29 is 4.79 Å². The molecule has 0 aliphatic rings. The summed E-state index contributed by atoms with van der Waals surface area (Å²) in [6.07, 6.45) is 2.67. The van der Waals surface area contributed by atoms with Gasteiger partial charge >= 0.3 is 0 Å². The van der Waals surface area contributed by atoms with Gasteiger partial charge in [0.1, 0.15) is 5.78 Å². The van der Waals surface area contributed by atoms with Crippen LogP contribution >= 0.6 is 11.3 Å². The number of hydrogen-bond donors (Lipinski definition) is 0. The third-order valence-corrected chi connectivity index (χ3v) is 2.93. The lowest BCUT2D eigenvalue weighted by atomic mass is 10.1. The monoisotopic (exact) mass is 217 g/mol. The lowest BCUT2D eigenvalue weighted by Crippen LogP contribution is -2.06. The predicted molar refractivity (Wildman–Crippen MR) is 61.0 cm³/mol. The normalized spacial score (nSPS) is 10.1. The van der Waals surface area contributed by atoms with Crippen LogP contribution in [-0.2, 0) is 17.6 Å². The SMILES string of the molecule is O=C(Cc1ccccn1)Cc1cccs1. The van der Waals surface area contributed by atoms with E-state index in [0.717, 1.165) is 10.6 Å². The maximum Gasteiger partial charge on any atom is 0.144 e. The molecule has 2 rings (SSSR count). The molecule has 3 heteroatoms. The number of carbonyl (C=O) groups is 1. The van der Waals surface area contributed by atoms with Gasteiger partial charge in [-0.2, -0.15) is 0 Å². The van der Waals surface area contributed by atoms with E-state index in [2.05, 4.69) is 4.98 Å². The molecule has 2 nitrogen and oxygen atoms in total. The van der Waals surface area contributed by atoms with Crippen LogP contribution in [0.25, 0.3) is 0 Å². The van der Waals surface area contributed by atoms with Crippen molar-refractivity contribution in [1.82, 2.24) is 4.98 Å². The minimum atomic E-state index is 0.219. The van der Waals surface area contributed by atoms with Gasteiger partial charge in [-0.15, -0.1) is 11.3 Å². The van der Waals surface area contributed by atoms with Gasteiger partial charge in [0.2, 0.25) is 0 Å². The Morgan fingerprint density at radius 1 is 1.20 bits per heavy atom. The Kier molecular flexibility index (Phi) is 3.25. The zero-order valence-corrected chi connectivity index (χ0v) is 9.04. The first-order chi connectivity index (χ1) is 7.34. The molecule has 0 radical (unpaired) electrons. The summed E-state index contributed by atoms with van der Waals surface area (Å²) in [6, 6.07) is 9.59. The van der Waals surface area contributed by atoms with Gasteiger partial charge in [-0.3, -0.25) is 9.78 Å². The van der Waals surface area contributed by atoms with Crippen molar-refractivity contribution in [2.75, 3.05) is 0 Å². The molecule has 2 aromatic heterocycles. The molecule has 0 saturated heterocycles. The number of carbonyl (C=O) groups excluding carboxylic acids is 1. The molecular weight excluding hydrogens is 206 g/mol. The van der Waals surface area contributed by atoms with Crippen molar-refractivity contribution in [2.45, 2.75) is 12.8 Å². The Balaban J connectivity index is 1.94. The molecular formula is C12H11NOS. The molecule has 0 fully saturated rings. The molecule has 0 aliphatic carbocycles. The Morgan fingerprint density at radius 3 is 2.80 bits per heavy atom. The number of ketones is 1. The fourth-order valence-corrected chi connectivity index (χ4v) is 2.11. The molecule has 0 atom stereocenters. The second-order valence-corrected chi connectivity index (χ2v) is 4.32. The lowest BCUT2D eigenvalue weighted by molar-refractivity contribution is -0.117. The quantitative estimate of drug-likeness (QED) is 0.787. The molecule has 0 unspecified atom stereocenters. The first kappa shape index (κ1) is 10.1. The molecule has 0 spiro atoms. The molecule has 0 N–H and O–H groups in total. The highest BCUT2D eigenvalue weighted by molar-refractivity contribution is 7.10. The van der Waals surface area contributed by atoms with Gasteiger partial charge in [-0.25, -0.2) is 0 Å². The van der Waals surface area contributed by atoms with Crippen LogP contribution in [0.4, 0.5) is 0 Å². The van der Waals surface area contributed by atoms with Gasteiger partial charge < -0.3 is 0 Å². The Morgan fingerprint density at radius 2 is 2.13 bits per heavy atom. The van der Waals surface area contributed by atoms with Crippen LogP contribution in [0.2, 0.25) is 0 Å². The molecule has 0 bridgehead atoms. The largest absolute Gasteiger partial charge is 0.299 e. The molecule has 0 aliphatic heterocycles. The highest BCUT2D eigenvalue weighted by Gasteiger charge is 2.06. The van der Waals surface area contributed by atoms with E-state index in [-0.39, 0.29) is 5.78 Å². The van der Waals surface area contributed by atoms with E-state index >= 15 is 0 Å². The maximum atomic E-state index is 11.6. The Bertz CT molecular complexity index is 422. The minimum absolute atomic E-state index is 0.219. The molecule has 0 saturated carbocycles. The van der Waals surface area contributed by atoms with Crippen LogP contribution in [0.15, 0.2) is 41.9 Å². The van der Waals surface area contributed by atoms with Crippen LogP contribution in [0, 0.1) is 0 Å². The average molecular weight is 217 g/mol. The molecule has 76 valence electrons. The summed E-state index contributed by atoms with van der Waals surface area (Å²) in [6.45, 7) is 0. The molecule has 15 heavy (non-hydrogen) atoms. The third kappa shape index (κ3) is 2.99. The summed E-state index contributed by atoms with van der Waals surface area (Å²) in [5.41, 5.74) is 0.846. The van der Waals surface area contributed by atoms with Crippen molar-refractivity contribution in [3.63, 3.8) is 0 Å². The van der Waals surface area contributed by atoms with Crippen molar-refractivity contribution in [2.24, 2.45) is 0 Å². The number of nitrogens with zero attached hydrogens (tertiary/aromatic N) is 1. The highest BCUT2D eigenvalue weighted by Crippen LogP contribution is 2.10. The summed E-state index contributed by atoms with van der Waals surface area (Å²) in [4.78, 5) is 16.9. The van der Waals surface area contributed by atoms with E-state index in [4.69, 9.17) is 0 Å². The fourth-order valence-electron chi connectivity index (χ4n) is 1.37. The highest BCUT2D eigenvalue weighted by atomic mass is 32.1. The Labute approximate surface area is 92.6 Å². The van der Waals surface area contributed by atoms with Gasteiger partial charge in [-0.05, 0) is 23.6 Å². The summed E-state index contributed by atoms with van der Waals surface area (Å²) < 4.78 is 0. The van der Waals surface area contributed by atoms with E-state index in [1.807, 2.05) is 35.7 Å². The number of pyridine rings is 1. The third-order valence-electron chi connectivity index (χ3n) is 2.06. The summed E-state index contributed by atoms with van der Waals surface area (Å²) in [5, 5.41) is 1.99. The summed E-state index contributed by atoms with van der Waals surface area (Å²) in [5.74, 6) is 0.219. The van der Waals surface area contributed by atoms with Crippen LogP contribution < -0.4 is 0 Å². The second kappa shape index (κ2) is 4.84. The molecule has 0 amide bonds. The molecule has 2 heterocycles. The standard InChI is InChI=1S/C12H11NOS/c14-11(9-12-5-3-7-15-12)8-10-4-1-2-6-13-10/h1-7H,8-9H2. The van der Waals surface area contributed by atoms with Crippen molar-refractivity contribution >= 4 is 17.1 Å². The van der Waals surface area contributed by atoms with Gasteiger partial charge in [0, 0.05) is 29.6 Å². The average Bonchev–Trinajstić information content (AvgIpc) is 2.71. The minimum Gasteiger partial charge on any atom is -0.299 e. The van der Waals surface area contributed by atoms with Gasteiger partial charge in [0.25, 0.3) is 0 Å². The number of rotatable bonds is 4. The van der Waals surface area contributed by atoms with Gasteiger partial charge in [0.05, 0.1) is 0 Å². The van der Waals surface area contributed by atoms with E-state index in [0.29, 0.717) is 12.8 Å². The van der Waals surface area contributed by atoms with E-state index in [9.17, 15) is 4.79 Å². The predicted octanol–water partition coefficient (Wildman–Crippen LogP) is 2.50. The number of hydrogen-bond acceptors (Lipinski definition) is 3. The van der Waals surface area contributed by atoms with Gasteiger partial charge in [-0.1, -0.05) is 12.1 Å². The fraction of sp³-hybridized carbons (Fsp3) is 0.167. The van der Waals surface area contributed by atoms with Crippen LogP contribution in [-0.4, -0.2) is 10.8 Å². The lowest BCUT2D eigenvalue weighted by Gasteiger charge is -1.98. The van der Waals surface area contributed by atoms with Gasteiger partial charge in [0.15, 0.2) is 0 Å². The van der Waals surface area contributed by atoms with E-state index < -0.39 is 0 Å². The van der Waals surface area contributed by atoms with Crippen molar-refractivity contribution in [1.29, 1.82) is 0 Å². The van der Waals surface area contributed by atoms with Crippen molar-refractivity contribution in [3.8, 4) is 0 Å². The first-order valence-electron chi connectivity index (χ1n) is 4.78. The van der Waals surface area contributed by atoms with E-state index in [1.165, 1.54) is 0 Å². The number of thiophene rings is 1. The Hall–Kier alpha value is -1.48. The topological polar surface area (TPSA) is 30.0 Å². The zero-order chi connectivity index (χ0) is 10.5. The van der Waals surface area contributed by atoms with Crippen molar-refractivity contribution in [3.05, 3.63) is 52.5 Å². The van der Waals surface area contributed by atoms with E-state index in [1.54, 1.807) is 17.5 Å². The first-order valence-corrected chi connectivity index (χ1v) is 5.66. The maximum absolute atomic E-state index is 11.6. The van der Waals surface area contributed by atoms with Crippen LogP contribution in [0.3, 0.4) is 0 Å². The molecule has 0 aromatic carbocycles. The summed E-state index contributed by atoms with van der Waals surface area (Å²) in [7, 11) is 0. The number of aromatic nitrogens is 1. The smallest absolute Gasteiger partial charge is 0.144 e. The number of Topliss-reactive ketones (excluding diaryl/α,β-unsaturated/α-hetero) is 1. The zero-order valence-electron chi connectivity index (χ0n) is 8.22. The summed E-state index contributed by atoms with van der Waals surface area (Å²) >= 11 is 1.62.